The second-order valence-corrected chi connectivity index (χ2v) is 5.16. The normalized spacial score (nSPS) is 11.0. The quantitative estimate of drug-likeness (QED) is 0.715. The summed E-state index contributed by atoms with van der Waals surface area (Å²) in [5, 5.41) is 2.84. The van der Waals surface area contributed by atoms with Crippen molar-refractivity contribution < 1.29 is 9.21 Å². The van der Waals surface area contributed by atoms with Crippen LogP contribution in [0.1, 0.15) is 20.8 Å². The molecule has 7 nitrogen and oxygen atoms in total. The molecule has 0 saturated heterocycles. The van der Waals surface area contributed by atoms with Crippen LogP contribution in [0.5, 0.6) is 0 Å². The van der Waals surface area contributed by atoms with Crippen LogP contribution in [0.25, 0.3) is 11.1 Å². The van der Waals surface area contributed by atoms with Crippen molar-refractivity contribution in [2.45, 2.75) is 26.8 Å². The number of nitrogens with two attached hydrogens (primary N) is 1. The lowest BCUT2D eigenvalue weighted by molar-refractivity contribution is -0.120. The van der Waals surface area contributed by atoms with Gasteiger partial charge in [-0.1, -0.05) is 0 Å². The predicted octanol–water partition coefficient (Wildman–Crippen LogP) is 1.05. The summed E-state index contributed by atoms with van der Waals surface area (Å²) in [6, 6.07) is 3.40. The molecule has 0 bridgehead atoms. The molecule has 21 heavy (non-hydrogen) atoms. The first-order chi connectivity index (χ1) is 9.90. The fourth-order valence-corrected chi connectivity index (χ4v) is 2.18. The number of carbonyl (C=O) groups is 1. The lowest BCUT2D eigenvalue weighted by Gasteiger charge is -2.24. The van der Waals surface area contributed by atoms with Crippen molar-refractivity contribution in [1.29, 1.82) is 0 Å². The fraction of sp³-hybridized carbons (Fsp3) is 0.429. The second kappa shape index (κ2) is 5.90. The zero-order valence-corrected chi connectivity index (χ0v) is 12.4. The fourth-order valence-electron chi connectivity index (χ4n) is 2.18. The summed E-state index contributed by atoms with van der Waals surface area (Å²) < 4.78 is 4.96. The molecule has 0 unspecified atom stereocenters. The Morgan fingerprint density at radius 3 is 2.81 bits per heavy atom. The van der Waals surface area contributed by atoms with Gasteiger partial charge in [-0.3, -0.25) is 9.78 Å². The SMILES string of the molecule is CCN(CC(=O)NC(C)C)c1cc2[nH]c(=O)oc2cc1N. The number of H-pyrrole nitrogens is 1. The molecule has 4 N–H and O–H groups in total. The molecule has 0 aliphatic rings. The summed E-state index contributed by atoms with van der Waals surface area (Å²) in [6.07, 6.45) is 0. The van der Waals surface area contributed by atoms with Crippen molar-refractivity contribution in [3.05, 3.63) is 22.7 Å². The van der Waals surface area contributed by atoms with Gasteiger partial charge in [0.05, 0.1) is 23.4 Å². The van der Waals surface area contributed by atoms with Crippen molar-refractivity contribution >= 4 is 28.4 Å². The summed E-state index contributed by atoms with van der Waals surface area (Å²) >= 11 is 0. The van der Waals surface area contributed by atoms with Crippen LogP contribution < -0.4 is 21.7 Å². The van der Waals surface area contributed by atoms with E-state index in [-0.39, 0.29) is 18.5 Å². The third-order valence-corrected chi connectivity index (χ3v) is 3.07. The maximum atomic E-state index is 11.9. The lowest BCUT2D eigenvalue weighted by Crippen LogP contribution is -2.40. The molecule has 0 radical (unpaired) electrons. The highest BCUT2D eigenvalue weighted by molar-refractivity contribution is 5.88. The Bertz CT molecular complexity index is 702. The smallest absolute Gasteiger partial charge is 0.408 e. The van der Waals surface area contributed by atoms with Crippen molar-refractivity contribution in [2.75, 3.05) is 23.7 Å². The van der Waals surface area contributed by atoms with Gasteiger partial charge in [0.15, 0.2) is 5.58 Å². The number of likely N-dealkylation sites (N-methyl/N-ethyl adjacent to an activating group) is 1. The molecule has 1 amide bonds. The number of aromatic amines is 1. The van der Waals surface area contributed by atoms with Gasteiger partial charge in [0.25, 0.3) is 0 Å². The second-order valence-electron chi connectivity index (χ2n) is 5.16. The summed E-state index contributed by atoms with van der Waals surface area (Å²) in [5.41, 5.74) is 8.13. The monoisotopic (exact) mass is 292 g/mol. The van der Waals surface area contributed by atoms with E-state index in [1.807, 2.05) is 25.7 Å². The van der Waals surface area contributed by atoms with Crippen molar-refractivity contribution in [2.24, 2.45) is 0 Å². The van der Waals surface area contributed by atoms with E-state index in [2.05, 4.69) is 10.3 Å². The van der Waals surface area contributed by atoms with Crippen LogP contribution in [0, 0.1) is 0 Å². The number of nitrogens with one attached hydrogen (secondary N) is 2. The number of aromatic nitrogens is 1. The number of nitrogens with zero attached hydrogens (tertiary/aromatic N) is 1. The number of nitrogen functional groups attached to an aromatic ring is 1. The van der Waals surface area contributed by atoms with Gasteiger partial charge in [0.2, 0.25) is 5.91 Å². The van der Waals surface area contributed by atoms with Gasteiger partial charge in [-0.25, -0.2) is 4.79 Å². The van der Waals surface area contributed by atoms with E-state index in [1.54, 1.807) is 12.1 Å². The maximum Gasteiger partial charge on any atom is 0.417 e. The molecule has 0 fully saturated rings. The highest BCUT2D eigenvalue weighted by atomic mass is 16.4. The van der Waals surface area contributed by atoms with Crippen molar-refractivity contribution in [1.82, 2.24) is 10.3 Å². The molecule has 0 spiro atoms. The minimum Gasteiger partial charge on any atom is -0.408 e. The summed E-state index contributed by atoms with van der Waals surface area (Å²) in [7, 11) is 0. The Balaban J connectivity index is 2.30. The van der Waals surface area contributed by atoms with Crippen LogP contribution in [0.15, 0.2) is 21.3 Å². The number of rotatable bonds is 5. The number of benzene rings is 1. The van der Waals surface area contributed by atoms with Gasteiger partial charge in [0, 0.05) is 18.7 Å². The van der Waals surface area contributed by atoms with Crippen molar-refractivity contribution in [3.63, 3.8) is 0 Å². The van der Waals surface area contributed by atoms with Crippen LogP contribution in [0.4, 0.5) is 11.4 Å². The van der Waals surface area contributed by atoms with Crippen LogP contribution >= 0.6 is 0 Å². The molecule has 1 aromatic heterocycles. The molecule has 114 valence electrons. The van der Waals surface area contributed by atoms with Crippen LogP contribution in [0.2, 0.25) is 0 Å². The number of carbonyl (C=O) groups excluding carboxylic acids is 1. The van der Waals surface area contributed by atoms with Gasteiger partial charge >= 0.3 is 5.76 Å². The number of amides is 1. The van der Waals surface area contributed by atoms with E-state index in [9.17, 15) is 9.59 Å². The van der Waals surface area contributed by atoms with E-state index < -0.39 is 5.76 Å². The summed E-state index contributed by atoms with van der Waals surface area (Å²) in [4.78, 5) is 27.5. The first kappa shape index (κ1) is 15.0. The van der Waals surface area contributed by atoms with Gasteiger partial charge in [0.1, 0.15) is 0 Å². The number of anilines is 2. The van der Waals surface area contributed by atoms with E-state index in [0.717, 1.165) is 0 Å². The third-order valence-electron chi connectivity index (χ3n) is 3.07. The third kappa shape index (κ3) is 3.36. The van der Waals surface area contributed by atoms with Crippen molar-refractivity contribution in [3.8, 4) is 0 Å². The lowest BCUT2D eigenvalue weighted by atomic mass is 10.2. The molecule has 0 aliphatic heterocycles. The molecule has 0 atom stereocenters. The minimum atomic E-state index is -0.526. The molecule has 1 heterocycles. The van der Waals surface area contributed by atoms with Gasteiger partial charge in [-0.2, -0.15) is 0 Å². The van der Waals surface area contributed by atoms with Crippen LogP contribution in [0.3, 0.4) is 0 Å². The predicted molar refractivity (Wildman–Crippen MR) is 82.4 cm³/mol. The highest BCUT2D eigenvalue weighted by Crippen LogP contribution is 2.27. The molecule has 0 aliphatic carbocycles. The number of oxazole rings is 1. The number of hydrogen-bond donors (Lipinski definition) is 3. The van der Waals surface area contributed by atoms with Gasteiger partial charge < -0.3 is 20.4 Å². The number of fused-ring (bicyclic) bond motifs is 1. The van der Waals surface area contributed by atoms with E-state index in [0.29, 0.717) is 29.0 Å². The van der Waals surface area contributed by atoms with Gasteiger partial charge in [-0.15, -0.1) is 0 Å². The van der Waals surface area contributed by atoms with E-state index in [1.165, 1.54) is 0 Å². The Morgan fingerprint density at radius 1 is 1.48 bits per heavy atom. The summed E-state index contributed by atoms with van der Waals surface area (Å²) in [6.45, 7) is 6.57. The molecule has 2 rings (SSSR count). The Labute approximate surface area is 122 Å². The largest absolute Gasteiger partial charge is 0.417 e. The standard InChI is InChI=1S/C14H20N4O3/c1-4-18(7-13(19)16-8(2)3)11-6-10-12(5-9(11)15)21-14(20)17-10/h5-6,8H,4,7,15H2,1-3H3,(H,16,19)(H,17,20). The first-order valence-electron chi connectivity index (χ1n) is 6.87. The number of hydrogen-bond acceptors (Lipinski definition) is 5. The molecular weight excluding hydrogens is 272 g/mol. The average molecular weight is 292 g/mol. The van der Waals surface area contributed by atoms with E-state index in [4.69, 9.17) is 10.2 Å². The Kier molecular flexibility index (Phi) is 4.21. The topological polar surface area (TPSA) is 104 Å². The highest BCUT2D eigenvalue weighted by Gasteiger charge is 2.15. The zero-order chi connectivity index (χ0) is 15.6. The van der Waals surface area contributed by atoms with E-state index >= 15 is 0 Å². The van der Waals surface area contributed by atoms with Crippen LogP contribution in [-0.2, 0) is 4.79 Å². The Hall–Kier alpha value is -2.44. The molecule has 2 aromatic rings. The van der Waals surface area contributed by atoms with Gasteiger partial charge in [-0.05, 0) is 26.8 Å². The summed E-state index contributed by atoms with van der Waals surface area (Å²) in [5.74, 6) is -0.603. The Morgan fingerprint density at radius 2 is 2.19 bits per heavy atom. The minimum absolute atomic E-state index is 0.0768. The molecule has 1 aromatic carbocycles. The van der Waals surface area contributed by atoms with Crippen LogP contribution in [-0.4, -0.2) is 30.0 Å². The molecule has 0 saturated carbocycles. The molecular formula is C14H20N4O3. The maximum absolute atomic E-state index is 11.9. The zero-order valence-electron chi connectivity index (χ0n) is 12.4. The first-order valence-corrected chi connectivity index (χ1v) is 6.87. The molecule has 7 heteroatoms. The average Bonchev–Trinajstić information content (AvgIpc) is 2.73.